The fraction of sp³-hybridized carbons (Fsp3) is 0.571. The van der Waals surface area contributed by atoms with Crippen molar-refractivity contribution in [3.8, 4) is 5.75 Å². The average Bonchev–Trinajstić information content (AvgIpc) is 2.81. The molecule has 0 amide bonds. The maximum absolute atomic E-state index is 10.3. The van der Waals surface area contributed by atoms with Crippen molar-refractivity contribution in [2.45, 2.75) is 25.9 Å². The Labute approximate surface area is 103 Å². The van der Waals surface area contributed by atoms with Gasteiger partial charge in [-0.15, -0.1) is 0 Å². The van der Waals surface area contributed by atoms with Crippen LogP contribution in [0.3, 0.4) is 0 Å². The number of hydrogen-bond donors (Lipinski definition) is 1. The Balaban J connectivity index is 2.11. The number of rotatable bonds is 4. The number of benzene rings is 1. The molecule has 0 spiro atoms. The van der Waals surface area contributed by atoms with Crippen LogP contribution in [0.2, 0.25) is 0 Å². The molecule has 1 unspecified atom stereocenters. The molecule has 3 heteroatoms. The molecule has 0 saturated carbocycles. The summed E-state index contributed by atoms with van der Waals surface area (Å²) in [6.07, 6.45) is 2.04. The van der Waals surface area contributed by atoms with E-state index in [2.05, 4.69) is 4.90 Å². The van der Waals surface area contributed by atoms with Gasteiger partial charge in [0.2, 0.25) is 0 Å². The molecule has 0 aromatic heterocycles. The van der Waals surface area contributed by atoms with Crippen molar-refractivity contribution in [1.29, 1.82) is 0 Å². The first-order valence-corrected chi connectivity index (χ1v) is 6.25. The molecule has 1 aromatic rings. The Morgan fingerprint density at radius 3 is 2.71 bits per heavy atom. The highest BCUT2D eigenvalue weighted by Gasteiger charge is 2.19. The first-order chi connectivity index (χ1) is 8.20. The highest BCUT2D eigenvalue weighted by atomic mass is 16.5. The number of nitrogens with zero attached hydrogens (tertiary/aromatic N) is 1. The molecule has 17 heavy (non-hydrogen) atoms. The molecule has 2 rings (SSSR count). The van der Waals surface area contributed by atoms with E-state index in [1.807, 2.05) is 25.1 Å². The van der Waals surface area contributed by atoms with E-state index in [1.54, 1.807) is 7.11 Å². The number of aliphatic hydroxyl groups is 1. The number of hydrogen-bond acceptors (Lipinski definition) is 3. The summed E-state index contributed by atoms with van der Waals surface area (Å²) in [6, 6.07) is 5.95. The van der Waals surface area contributed by atoms with E-state index >= 15 is 0 Å². The molecule has 0 radical (unpaired) electrons. The molecule has 1 aliphatic rings. The normalized spacial score (nSPS) is 18.3. The van der Waals surface area contributed by atoms with Crippen LogP contribution in [0.25, 0.3) is 0 Å². The van der Waals surface area contributed by atoms with Gasteiger partial charge in [0, 0.05) is 12.1 Å². The monoisotopic (exact) mass is 235 g/mol. The Morgan fingerprint density at radius 2 is 2.06 bits per heavy atom. The van der Waals surface area contributed by atoms with Crippen molar-refractivity contribution in [1.82, 2.24) is 4.90 Å². The number of aryl methyl sites for hydroxylation is 1. The summed E-state index contributed by atoms with van der Waals surface area (Å²) in [6.45, 7) is 4.95. The molecule has 1 aliphatic heterocycles. The second kappa shape index (κ2) is 5.52. The molecule has 94 valence electrons. The van der Waals surface area contributed by atoms with Gasteiger partial charge in [-0.2, -0.15) is 0 Å². The smallest absolute Gasteiger partial charge is 0.124 e. The van der Waals surface area contributed by atoms with Crippen LogP contribution < -0.4 is 4.74 Å². The molecule has 1 heterocycles. The van der Waals surface area contributed by atoms with E-state index in [0.29, 0.717) is 6.54 Å². The average molecular weight is 235 g/mol. The first-order valence-electron chi connectivity index (χ1n) is 6.25. The van der Waals surface area contributed by atoms with Crippen LogP contribution >= 0.6 is 0 Å². The number of β-amino-alcohol motifs (C(OH)–C–C–N with tert-alkyl or cyclic N) is 1. The third-order valence-corrected chi connectivity index (χ3v) is 3.37. The van der Waals surface area contributed by atoms with Gasteiger partial charge in [0.15, 0.2) is 0 Å². The summed E-state index contributed by atoms with van der Waals surface area (Å²) < 4.78 is 5.31. The van der Waals surface area contributed by atoms with Crippen molar-refractivity contribution < 1.29 is 9.84 Å². The predicted molar refractivity (Wildman–Crippen MR) is 68.4 cm³/mol. The van der Waals surface area contributed by atoms with Crippen molar-refractivity contribution in [2.75, 3.05) is 26.7 Å². The largest absolute Gasteiger partial charge is 0.496 e. The van der Waals surface area contributed by atoms with Gasteiger partial charge < -0.3 is 14.7 Å². The Hall–Kier alpha value is -1.06. The van der Waals surface area contributed by atoms with Gasteiger partial charge in [-0.25, -0.2) is 0 Å². The summed E-state index contributed by atoms with van der Waals surface area (Å²) in [5.74, 6) is 0.780. The number of aliphatic hydroxyl groups excluding tert-OH is 1. The second-order valence-corrected chi connectivity index (χ2v) is 4.77. The Kier molecular flexibility index (Phi) is 4.02. The van der Waals surface area contributed by atoms with Crippen molar-refractivity contribution >= 4 is 0 Å². The maximum atomic E-state index is 10.3. The van der Waals surface area contributed by atoms with Gasteiger partial charge in [-0.05, 0) is 45.0 Å². The van der Waals surface area contributed by atoms with E-state index in [-0.39, 0.29) is 0 Å². The van der Waals surface area contributed by atoms with Gasteiger partial charge in [0.05, 0.1) is 13.2 Å². The molecule has 1 aromatic carbocycles. The van der Waals surface area contributed by atoms with Crippen LogP contribution in [0.4, 0.5) is 0 Å². The molecule has 3 nitrogen and oxygen atoms in total. The quantitative estimate of drug-likeness (QED) is 0.868. The van der Waals surface area contributed by atoms with Gasteiger partial charge in [0.1, 0.15) is 5.75 Å². The topological polar surface area (TPSA) is 32.7 Å². The molecule has 0 aliphatic carbocycles. The molecule has 1 N–H and O–H groups in total. The maximum Gasteiger partial charge on any atom is 0.124 e. The zero-order valence-corrected chi connectivity index (χ0v) is 10.6. The summed E-state index contributed by atoms with van der Waals surface area (Å²) in [5, 5.41) is 10.3. The van der Waals surface area contributed by atoms with Crippen LogP contribution in [-0.2, 0) is 0 Å². The van der Waals surface area contributed by atoms with Gasteiger partial charge in [0.25, 0.3) is 0 Å². The predicted octanol–water partition coefficient (Wildman–Crippen LogP) is 2.13. The van der Waals surface area contributed by atoms with Crippen molar-refractivity contribution in [2.24, 2.45) is 0 Å². The third-order valence-electron chi connectivity index (χ3n) is 3.37. The van der Waals surface area contributed by atoms with Crippen LogP contribution in [0.15, 0.2) is 18.2 Å². The van der Waals surface area contributed by atoms with E-state index in [4.69, 9.17) is 4.74 Å². The number of ether oxygens (including phenoxy) is 1. The van der Waals surface area contributed by atoms with Crippen LogP contribution in [0.1, 0.15) is 30.1 Å². The zero-order valence-electron chi connectivity index (χ0n) is 10.6. The van der Waals surface area contributed by atoms with E-state index < -0.39 is 6.10 Å². The highest BCUT2D eigenvalue weighted by molar-refractivity contribution is 5.38. The SMILES string of the molecule is COc1ccc(C)cc1C(O)CN1CCCC1. The third kappa shape index (κ3) is 2.99. The standard InChI is InChI=1S/C14H21NO2/c1-11-5-6-14(17-2)12(9-11)13(16)10-15-7-3-4-8-15/h5-6,9,13,16H,3-4,7-8,10H2,1-2H3. The summed E-state index contributed by atoms with van der Waals surface area (Å²) in [4.78, 5) is 2.31. The van der Waals surface area contributed by atoms with Crippen LogP contribution in [-0.4, -0.2) is 36.8 Å². The Bertz CT molecular complexity index is 372. The van der Waals surface area contributed by atoms with Crippen LogP contribution in [0.5, 0.6) is 5.75 Å². The van der Waals surface area contributed by atoms with Crippen LogP contribution in [0, 0.1) is 6.92 Å². The highest BCUT2D eigenvalue weighted by Crippen LogP contribution is 2.27. The lowest BCUT2D eigenvalue weighted by Crippen LogP contribution is -2.25. The molecule has 1 fully saturated rings. The fourth-order valence-electron chi connectivity index (χ4n) is 2.42. The second-order valence-electron chi connectivity index (χ2n) is 4.77. The van der Waals surface area contributed by atoms with Gasteiger partial charge in [-0.3, -0.25) is 0 Å². The van der Waals surface area contributed by atoms with Gasteiger partial charge in [-0.1, -0.05) is 11.6 Å². The van der Waals surface area contributed by atoms with Gasteiger partial charge >= 0.3 is 0 Å². The van der Waals surface area contributed by atoms with E-state index in [0.717, 1.165) is 30.0 Å². The summed E-state index contributed by atoms with van der Waals surface area (Å²) >= 11 is 0. The van der Waals surface area contributed by atoms with Crippen molar-refractivity contribution in [3.63, 3.8) is 0 Å². The Morgan fingerprint density at radius 1 is 1.35 bits per heavy atom. The minimum absolute atomic E-state index is 0.456. The van der Waals surface area contributed by atoms with E-state index in [9.17, 15) is 5.11 Å². The first kappa shape index (κ1) is 12.4. The molecule has 0 bridgehead atoms. The lowest BCUT2D eigenvalue weighted by atomic mass is 10.0. The zero-order chi connectivity index (χ0) is 12.3. The number of methoxy groups -OCH3 is 1. The fourth-order valence-corrected chi connectivity index (χ4v) is 2.42. The minimum Gasteiger partial charge on any atom is -0.496 e. The molecule has 1 atom stereocenters. The van der Waals surface area contributed by atoms with Crippen molar-refractivity contribution in [3.05, 3.63) is 29.3 Å². The molecular formula is C14H21NO2. The minimum atomic E-state index is -0.456. The number of likely N-dealkylation sites (tertiary alicyclic amines) is 1. The summed E-state index contributed by atoms with van der Waals surface area (Å²) in [5.41, 5.74) is 2.06. The van der Waals surface area contributed by atoms with E-state index in [1.165, 1.54) is 12.8 Å². The lowest BCUT2D eigenvalue weighted by Gasteiger charge is -2.21. The summed E-state index contributed by atoms with van der Waals surface area (Å²) in [7, 11) is 1.65. The molecular weight excluding hydrogens is 214 g/mol. The molecule has 1 saturated heterocycles. The lowest BCUT2D eigenvalue weighted by molar-refractivity contribution is 0.123.